The van der Waals surface area contributed by atoms with Crippen molar-refractivity contribution in [3.8, 4) is 5.75 Å². The van der Waals surface area contributed by atoms with E-state index in [-0.39, 0.29) is 5.75 Å². The molecule has 0 aliphatic rings. The summed E-state index contributed by atoms with van der Waals surface area (Å²) in [6.07, 6.45) is 0. The lowest BCUT2D eigenvalue weighted by Crippen LogP contribution is -2.03. The lowest BCUT2D eigenvalue weighted by Gasteiger charge is -2.06. The number of phenolic OH excluding ortho intramolecular Hbond substituents is 1. The van der Waals surface area contributed by atoms with Gasteiger partial charge in [0.15, 0.2) is 0 Å². The van der Waals surface area contributed by atoms with Crippen LogP contribution in [-0.2, 0) is 4.74 Å². The molecule has 3 nitrogen and oxygen atoms in total. The molecular formula is C9H9BrO3. The smallest absolute Gasteiger partial charge is 0.338 e. The highest BCUT2D eigenvalue weighted by molar-refractivity contribution is 9.10. The van der Waals surface area contributed by atoms with E-state index >= 15 is 0 Å². The minimum Gasteiger partial charge on any atom is -0.508 e. The maximum atomic E-state index is 11.2. The molecule has 0 atom stereocenters. The normalized spacial score (nSPS) is 9.77. The first kappa shape index (κ1) is 10.1. The Morgan fingerprint density at radius 3 is 2.69 bits per heavy atom. The molecule has 0 unspecified atom stereocenters. The van der Waals surface area contributed by atoms with Crippen LogP contribution in [-0.4, -0.2) is 18.2 Å². The Morgan fingerprint density at radius 2 is 2.15 bits per heavy atom. The van der Waals surface area contributed by atoms with E-state index in [0.29, 0.717) is 10.0 Å². The van der Waals surface area contributed by atoms with E-state index in [0.717, 1.165) is 5.56 Å². The molecule has 0 aliphatic carbocycles. The van der Waals surface area contributed by atoms with Crippen molar-refractivity contribution in [2.24, 2.45) is 0 Å². The molecule has 1 aromatic carbocycles. The summed E-state index contributed by atoms with van der Waals surface area (Å²) in [7, 11) is 1.31. The third-order valence-electron chi connectivity index (χ3n) is 1.73. The predicted molar refractivity (Wildman–Crippen MR) is 51.9 cm³/mol. The number of phenols is 1. The van der Waals surface area contributed by atoms with Gasteiger partial charge in [-0.05, 0) is 24.6 Å². The van der Waals surface area contributed by atoms with Gasteiger partial charge in [-0.1, -0.05) is 15.9 Å². The molecule has 0 aliphatic heterocycles. The lowest BCUT2D eigenvalue weighted by molar-refractivity contribution is 0.0599. The molecule has 0 amide bonds. The zero-order valence-electron chi connectivity index (χ0n) is 7.30. The van der Waals surface area contributed by atoms with Crippen LogP contribution in [0, 0.1) is 6.92 Å². The van der Waals surface area contributed by atoms with Gasteiger partial charge in [-0.25, -0.2) is 4.79 Å². The first-order chi connectivity index (χ1) is 6.06. The van der Waals surface area contributed by atoms with E-state index in [1.165, 1.54) is 19.2 Å². The Labute approximate surface area is 84.5 Å². The molecule has 0 aromatic heterocycles. The first-order valence-corrected chi connectivity index (χ1v) is 4.43. The Morgan fingerprint density at radius 1 is 1.54 bits per heavy atom. The molecule has 0 radical (unpaired) electrons. The third kappa shape index (κ3) is 2.01. The maximum Gasteiger partial charge on any atom is 0.338 e. The first-order valence-electron chi connectivity index (χ1n) is 3.63. The fourth-order valence-corrected chi connectivity index (χ4v) is 1.43. The van der Waals surface area contributed by atoms with Gasteiger partial charge in [0.25, 0.3) is 0 Å². The van der Waals surface area contributed by atoms with Crippen LogP contribution in [0.3, 0.4) is 0 Å². The molecule has 0 saturated heterocycles. The van der Waals surface area contributed by atoms with E-state index in [2.05, 4.69) is 20.7 Å². The SMILES string of the molecule is COC(=O)c1cc(O)cc(Br)c1C. The van der Waals surface area contributed by atoms with E-state index in [4.69, 9.17) is 0 Å². The third-order valence-corrected chi connectivity index (χ3v) is 2.56. The number of ether oxygens (including phenoxy) is 1. The summed E-state index contributed by atoms with van der Waals surface area (Å²) in [6, 6.07) is 2.91. The molecular weight excluding hydrogens is 236 g/mol. The van der Waals surface area contributed by atoms with Gasteiger partial charge in [0.05, 0.1) is 12.7 Å². The molecule has 0 heterocycles. The summed E-state index contributed by atoms with van der Waals surface area (Å²) in [4.78, 5) is 11.2. The zero-order chi connectivity index (χ0) is 10.0. The average Bonchev–Trinajstić information content (AvgIpc) is 2.10. The van der Waals surface area contributed by atoms with E-state index in [1.54, 1.807) is 6.92 Å². The molecule has 0 spiro atoms. The summed E-state index contributed by atoms with van der Waals surface area (Å²) < 4.78 is 5.24. The fraction of sp³-hybridized carbons (Fsp3) is 0.222. The number of benzene rings is 1. The van der Waals surface area contributed by atoms with Crippen LogP contribution < -0.4 is 0 Å². The summed E-state index contributed by atoms with van der Waals surface area (Å²) in [6.45, 7) is 1.77. The molecule has 0 fully saturated rings. The van der Waals surface area contributed by atoms with Gasteiger partial charge in [0.2, 0.25) is 0 Å². The lowest BCUT2D eigenvalue weighted by atomic mass is 10.1. The molecule has 70 valence electrons. The number of esters is 1. The van der Waals surface area contributed by atoms with Crippen molar-refractivity contribution in [1.29, 1.82) is 0 Å². The second kappa shape index (κ2) is 3.79. The van der Waals surface area contributed by atoms with Gasteiger partial charge in [0, 0.05) is 4.47 Å². The predicted octanol–water partition coefficient (Wildman–Crippen LogP) is 2.25. The summed E-state index contributed by atoms with van der Waals surface area (Å²) in [5.74, 6) is -0.410. The highest BCUT2D eigenvalue weighted by Crippen LogP contribution is 2.25. The van der Waals surface area contributed by atoms with Gasteiger partial charge < -0.3 is 9.84 Å². The molecule has 1 aromatic rings. The number of carbonyl (C=O) groups excluding carboxylic acids is 1. The van der Waals surface area contributed by atoms with E-state index in [9.17, 15) is 9.90 Å². The van der Waals surface area contributed by atoms with Gasteiger partial charge in [-0.2, -0.15) is 0 Å². The number of halogens is 1. The number of hydrogen-bond acceptors (Lipinski definition) is 3. The van der Waals surface area contributed by atoms with Crippen molar-refractivity contribution >= 4 is 21.9 Å². The highest BCUT2D eigenvalue weighted by atomic mass is 79.9. The number of methoxy groups -OCH3 is 1. The summed E-state index contributed by atoms with van der Waals surface area (Å²) >= 11 is 3.23. The second-order valence-electron chi connectivity index (χ2n) is 2.59. The van der Waals surface area contributed by atoms with Crippen LogP contribution in [0.2, 0.25) is 0 Å². The minimum absolute atomic E-state index is 0.0397. The van der Waals surface area contributed by atoms with Crippen molar-refractivity contribution < 1.29 is 14.6 Å². The Bertz CT molecular complexity index is 347. The Balaban J connectivity index is 3.28. The highest BCUT2D eigenvalue weighted by Gasteiger charge is 2.12. The number of carbonyl (C=O) groups is 1. The standard InChI is InChI=1S/C9H9BrO3/c1-5-7(9(12)13-2)3-6(11)4-8(5)10/h3-4,11H,1-2H3. The van der Waals surface area contributed by atoms with E-state index in [1.807, 2.05) is 0 Å². The van der Waals surface area contributed by atoms with Crippen molar-refractivity contribution in [1.82, 2.24) is 0 Å². The maximum absolute atomic E-state index is 11.2. The van der Waals surface area contributed by atoms with Crippen LogP contribution in [0.15, 0.2) is 16.6 Å². The van der Waals surface area contributed by atoms with Crippen LogP contribution >= 0.6 is 15.9 Å². The topological polar surface area (TPSA) is 46.5 Å². The monoisotopic (exact) mass is 244 g/mol. The van der Waals surface area contributed by atoms with Crippen LogP contribution in [0.4, 0.5) is 0 Å². The second-order valence-corrected chi connectivity index (χ2v) is 3.45. The molecule has 0 saturated carbocycles. The Hall–Kier alpha value is -1.03. The van der Waals surface area contributed by atoms with Crippen molar-refractivity contribution in [3.05, 3.63) is 27.7 Å². The van der Waals surface area contributed by atoms with Crippen LogP contribution in [0.25, 0.3) is 0 Å². The van der Waals surface area contributed by atoms with Crippen molar-refractivity contribution in [2.75, 3.05) is 7.11 Å². The molecule has 1 rings (SSSR count). The zero-order valence-corrected chi connectivity index (χ0v) is 8.88. The summed E-state index contributed by atoms with van der Waals surface area (Å²) in [5.41, 5.74) is 1.12. The van der Waals surface area contributed by atoms with Crippen molar-refractivity contribution in [2.45, 2.75) is 6.92 Å². The number of aromatic hydroxyl groups is 1. The van der Waals surface area contributed by atoms with Gasteiger partial charge >= 0.3 is 5.97 Å². The summed E-state index contributed by atoms with van der Waals surface area (Å²) in [5, 5.41) is 9.22. The number of rotatable bonds is 1. The largest absolute Gasteiger partial charge is 0.508 e. The molecule has 0 bridgehead atoms. The van der Waals surface area contributed by atoms with Crippen LogP contribution in [0.5, 0.6) is 5.75 Å². The molecule has 1 N–H and O–H groups in total. The average molecular weight is 245 g/mol. The molecule has 4 heteroatoms. The van der Waals surface area contributed by atoms with Gasteiger partial charge in [-0.3, -0.25) is 0 Å². The van der Waals surface area contributed by atoms with E-state index < -0.39 is 5.97 Å². The molecule has 13 heavy (non-hydrogen) atoms. The number of hydrogen-bond donors (Lipinski definition) is 1. The minimum atomic E-state index is -0.450. The quantitative estimate of drug-likeness (QED) is 0.772. The van der Waals surface area contributed by atoms with Gasteiger partial charge in [-0.15, -0.1) is 0 Å². The van der Waals surface area contributed by atoms with Gasteiger partial charge in [0.1, 0.15) is 5.75 Å². The fourth-order valence-electron chi connectivity index (χ4n) is 0.987. The Kier molecular flexibility index (Phi) is 2.93. The van der Waals surface area contributed by atoms with Crippen molar-refractivity contribution in [3.63, 3.8) is 0 Å². The van der Waals surface area contributed by atoms with Crippen LogP contribution in [0.1, 0.15) is 15.9 Å².